The van der Waals surface area contributed by atoms with Crippen LogP contribution < -0.4 is 11.2 Å². The van der Waals surface area contributed by atoms with E-state index in [0.29, 0.717) is 0 Å². The quantitative estimate of drug-likeness (QED) is 0.813. The maximum Gasteiger partial charge on any atom is 0.332 e. The highest BCUT2D eigenvalue weighted by Crippen LogP contribution is 2.35. The van der Waals surface area contributed by atoms with Crippen molar-refractivity contribution < 1.29 is 0 Å². The monoisotopic (exact) mass is 304 g/mol. The van der Waals surface area contributed by atoms with E-state index in [1.165, 1.54) is 16.9 Å². The Kier molecular flexibility index (Phi) is 3.06. The molecule has 0 amide bonds. The van der Waals surface area contributed by atoms with Gasteiger partial charge in [-0.2, -0.15) is 0 Å². The lowest BCUT2D eigenvalue weighted by Gasteiger charge is -2.23. The highest BCUT2D eigenvalue weighted by atomic mass is 32.1. The van der Waals surface area contributed by atoms with E-state index in [-0.39, 0.29) is 17.3 Å². The summed E-state index contributed by atoms with van der Waals surface area (Å²) in [5.41, 5.74) is 1.07. The van der Waals surface area contributed by atoms with Gasteiger partial charge in [0.05, 0.1) is 5.39 Å². The molecule has 21 heavy (non-hydrogen) atoms. The van der Waals surface area contributed by atoms with Crippen molar-refractivity contribution in [1.29, 1.82) is 0 Å². The lowest BCUT2D eigenvalue weighted by Crippen LogP contribution is -2.41. The summed E-state index contributed by atoms with van der Waals surface area (Å²) in [5, 5.41) is 0.833. The fourth-order valence-corrected chi connectivity index (χ4v) is 5.30. The van der Waals surface area contributed by atoms with Crippen molar-refractivity contribution in [3.05, 3.63) is 31.3 Å². The van der Waals surface area contributed by atoms with Crippen LogP contribution in [0.5, 0.6) is 0 Å². The van der Waals surface area contributed by atoms with Gasteiger partial charge in [0, 0.05) is 18.0 Å². The summed E-state index contributed by atoms with van der Waals surface area (Å²) in [6.07, 6.45) is 8.60. The number of thiophene rings is 1. The summed E-state index contributed by atoms with van der Waals surface area (Å²) in [4.78, 5) is 27.8. The van der Waals surface area contributed by atoms with E-state index >= 15 is 0 Å². The summed E-state index contributed by atoms with van der Waals surface area (Å²) < 4.78 is 3.27. The lowest BCUT2D eigenvalue weighted by molar-refractivity contribution is 0.334. The molecule has 2 heterocycles. The second-order valence-electron chi connectivity index (χ2n) is 6.35. The van der Waals surface area contributed by atoms with Gasteiger partial charge in [-0.3, -0.25) is 13.9 Å². The molecule has 112 valence electrons. The summed E-state index contributed by atoms with van der Waals surface area (Å²) in [7, 11) is 1.81. The first kappa shape index (κ1) is 13.3. The van der Waals surface area contributed by atoms with Crippen molar-refractivity contribution in [2.45, 2.75) is 57.4 Å². The summed E-state index contributed by atoms with van der Waals surface area (Å²) in [5.74, 6) is 0. The summed E-state index contributed by atoms with van der Waals surface area (Å²) in [6, 6.07) is 0.103. The Balaban J connectivity index is 2.03. The molecule has 0 bridgehead atoms. The van der Waals surface area contributed by atoms with Crippen molar-refractivity contribution in [3.8, 4) is 0 Å². The Bertz CT molecular complexity index is 821. The first-order valence-electron chi connectivity index (χ1n) is 7.94. The minimum atomic E-state index is -0.126. The second kappa shape index (κ2) is 4.83. The molecule has 2 aromatic rings. The van der Waals surface area contributed by atoms with E-state index in [0.717, 1.165) is 55.2 Å². The molecule has 2 aliphatic rings. The molecular formula is C16H20N2O2S. The van der Waals surface area contributed by atoms with Gasteiger partial charge in [0.25, 0.3) is 5.56 Å². The second-order valence-corrected chi connectivity index (χ2v) is 7.43. The molecule has 0 aliphatic heterocycles. The summed E-state index contributed by atoms with van der Waals surface area (Å²) >= 11 is 1.65. The predicted molar refractivity (Wildman–Crippen MR) is 85.5 cm³/mol. The molecule has 5 heteroatoms. The Morgan fingerprint density at radius 2 is 1.81 bits per heavy atom. The van der Waals surface area contributed by atoms with E-state index < -0.39 is 0 Å². The van der Waals surface area contributed by atoms with Gasteiger partial charge in [-0.05, 0) is 37.7 Å². The van der Waals surface area contributed by atoms with Crippen LogP contribution >= 0.6 is 11.3 Å². The third kappa shape index (κ3) is 1.86. The number of rotatable bonds is 1. The molecule has 4 nitrogen and oxygen atoms in total. The minimum absolute atomic E-state index is 0.0283. The van der Waals surface area contributed by atoms with Crippen LogP contribution in [-0.2, 0) is 19.9 Å². The SMILES string of the molecule is Cn1c(=O)n(C2CCCCC2)c(=O)c2c3c(sc21)CCC3. The van der Waals surface area contributed by atoms with Gasteiger partial charge in [-0.25, -0.2) is 4.79 Å². The molecule has 0 atom stereocenters. The molecule has 1 saturated carbocycles. The van der Waals surface area contributed by atoms with E-state index in [9.17, 15) is 9.59 Å². The molecule has 0 radical (unpaired) electrons. The third-order valence-electron chi connectivity index (χ3n) is 5.07. The van der Waals surface area contributed by atoms with Gasteiger partial charge < -0.3 is 0 Å². The van der Waals surface area contributed by atoms with Gasteiger partial charge >= 0.3 is 5.69 Å². The van der Waals surface area contributed by atoms with Crippen LogP contribution in [0.2, 0.25) is 0 Å². The molecule has 0 N–H and O–H groups in total. The Morgan fingerprint density at radius 3 is 2.57 bits per heavy atom. The first-order valence-corrected chi connectivity index (χ1v) is 8.76. The van der Waals surface area contributed by atoms with Crippen molar-refractivity contribution >= 4 is 21.6 Å². The number of hydrogen-bond acceptors (Lipinski definition) is 3. The minimum Gasteiger partial charge on any atom is -0.287 e. The number of nitrogens with zero attached hydrogens (tertiary/aromatic N) is 2. The third-order valence-corrected chi connectivity index (χ3v) is 6.44. The van der Waals surface area contributed by atoms with Crippen LogP contribution in [-0.4, -0.2) is 9.13 Å². The topological polar surface area (TPSA) is 44.0 Å². The highest BCUT2D eigenvalue weighted by molar-refractivity contribution is 7.18. The molecular weight excluding hydrogens is 284 g/mol. The van der Waals surface area contributed by atoms with Crippen LogP contribution in [0.1, 0.15) is 55.0 Å². The van der Waals surface area contributed by atoms with Gasteiger partial charge in [-0.1, -0.05) is 19.3 Å². The zero-order chi connectivity index (χ0) is 14.6. The van der Waals surface area contributed by atoms with Gasteiger partial charge in [0.15, 0.2) is 0 Å². The molecule has 1 fully saturated rings. The maximum atomic E-state index is 13.0. The fraction of sp³-hybridized carbons (Fsp3) is 0.625. The Labute approximate surface area is 127 Å². The van der Waals surface area contributed by atoms with Crippen molar-refractivity contribution in [2.24, 2.45) is 7.05 Å². The number of fused-ring (bicyclic) bond motifs is 3. The lowest BCUT2D eigenvalue weighted by atomic mass is 9.95. The standard InChI is InChI=1S/C16H20N2O2S/c1-17-15-13(11-8-5-9-12(11)21-15)14(19)18(16(17)20)10-6-3-2-4-7-10/h10H,2-9H2,1H3. The molecule has 0 saturated heterocycles. The van der Waals surface area contributed by atoms with E-state index in [1.807, 2.05) is 7.05 Å². The van der Waals surface area contributed by atoms with Crippen LogP contribution in [0.15, 0.2) is 9.59 Å². The van der Waals surface area contributed by atoms with Crippen LogP contribution in [0, 0.1) is 0 Å². The fourth-order valence-electron chi connectivity index (χ4n) is 3.96. The van der Waals surface area contributed by atoms with Crippen molar-refractivity contribution in [3.63, 3.8) is 0 Å². The predicted octanol–water partition coefficient (Wildman–Crippen LogP) is 2.76. The van der Waals surface area contributed by atoms with E-state index in [4.69, 9.17) is 0 Å². The number of hydrogen-bond donors (Lipinski definition) is 0. The van der Waals surface area contributed by atoms with Gasteiger partial charge in [0.1, 0.15) is 4.83 Å². The van der Waals surface area contributed by atoms with E-state index in [2.05, 4.69) is 0 Å². The van der Waals surface area contributed by atoms with E-state index in [1.54, 1.807) is 20.5 Å². The van der Waals surface area contributed by atoms with Crippen LogP contribution in [0.3, 0.4) is 0 Å². The van der Waals surface area contributed by atoms with Crippen LogP contribution in [0.25, 0.3) is 10.2 Å². The smallest absolute Gasteiger partial charge is 0.287 e. The average Bonchev–Trinajstić information content (AvgIpc) is 3.06. The Morgan fingerprint density at radius 1 is 1.05 bits per heavy atom. The van der Waals surface area contributed by atoms with Gasteiger partial charge in [0.2, 0.25) is 0 Å². The number of aryl methyl sites for hydroxylation is 3. The largest absolute Gasteiger partial charge is 0.332 e. The zero-order valence-electron chi connectivity index (χ0n) is 12.4. The van der Waals surface area contributed by atoms with Gasteiger partial charge in [-0.15, -0.1) is 11.3 Å². The normalized spacial score (nSPS) is 19.3. The maximum absolute atomic E-state index is 13.0. The Hall–Kier alpha value is -1.36. The molecule has 0 spiro atoms. The molecule has 2 aromatic heterocycles. The summed E-state index contributed by atoms with van der Waals surface area (Å²) in [6.45, 7) is 0. The number of aromatic nitrogens is 2. The molecule has 0 aromatic carbocycles. The van der Waals surface area contributed by atoms with Crippen LogP contribution in [0.4, 0.5) is 0 Å². The van der Waals surface area contributed by atoms with Crippen molar-refractivity contribution in [2.75, 3.05) is 0 Å². The average molecular weight is 304 g/mol. The first-order chi connectivity index (χ1) is 10.2. The van der Waals surface area contributed by atoms with Crippen molar-refractivity contribution in [1.82, 2.24) is 9.13 Å². The highest BCUT2D eigenvalue weighted by Gasteiger charge is 2.26. The zero-order valence-corrected chi connectivity index (χ0v) is 13.2. The molecule has 4 rings (SSSR count). The molecule has 0 unspecified atom stereocenters. The molecule has 2 aliphatic carbocycles.